The lowest BCUT2D eigenvalue weighted by molar-refractivity contribution is 0.0697. The van der Waals surface area contributed by atoms with Crippen LogP contribution in [-0.4, -0.2) is 32.1 Å². The zero-order valence-electron chi connectivity index (χ0n) is 11.5. The second-order valence-corrected chi connectivity index (χ2v) is 6.56. The molecule has 0 saturated carbocycles. The number of carboxylic acids is 1. The highest BCUT2D eigenvalue weighted by molar-refractivity contribution is 7.99. The average Bonchev–Trinajstić information content (AvgIpc) is 2.75. The van der Waals surface area contributed by atoms with Crippen LogP contribution in [0, 0.1) is 12.8 Å². The molecule has 0 radical (unpaired) electrons. The molecule has 0 spiro atoms. The number of thioether (sulfide) groups is 1. The summed E-state index contributed by atoms with van der Waals surface area (Å²) in [6.45, 7) is 2.95. The molecule has 1 saturated heterocycles. The van der Waals surface area contributed by atoms with Crippen molar-refractivity contribution in [1.29, 1.82) is 0 Å². The molecule has 1 N–H and O–H groups in total. The number of hydrogen-bond donors (Lipinski definition) is 1. The van der Waals surface area contributed by atoms with Gasteiger partial charge in [-0.3, -0.25) is 0 Å². The Morgan fingerprint density at radius 1 is 1.45 bits per heavy atom. The van der Waals surface area contributed by atoms with Crippen LogP contribution in [0.2, 0.25) is 0 Å². The smallest absolute Gasteiger partial charge is 0.335 e. The van der Waals surface area contributed by atoms with Crippen LogP contribution in [0.4, 0.5) is 0 Å². The van der Waals surface area contributed by atoms with Crippen molar-refractivity contribution in [2.24, 2.45) is 5.92 Å². The largest absolute Gasteiger partial charge is 0.478 e. The van der Waals surface area contributed by atoms with Crippen LogP contribution >= 0.6 is 11.8 Å². The summed E-state index contributed by atoms with van der Waals surface area (Å²) in [6, 6.07) is 5.17. The molecule has 1 aliphatic heterocycles. The lowest BCUT2D eigenvalue weighted by atomic mass is 10.0. The van der Waals surface area contributed by atoms with Crippen LogP contribution in [0.25, 0.3) is 11.0 Å². The van der Waals surface area contributed by atoms with E-state index in [1.807, 2.05) is 18.7 Å². The lowest BCUT2D eigenvalue weighted by Crippen LogP contribution is -2.17. The minimum Gasteiger partial charge on any atom is -0.478 e. The van der Waals surface area contributed by atoms with Crippen molar-refractivity contribution in [3.8, 4) is 0 Å². The topological polar surface area (TPSA) is 55.1 Å². The number of rotatable bonds is 3. The number of carbonyl (C=O) groups is 1. The van der Waals surface area contributed by atoms with Gasteiger partial charge in [-0.2, -0.15) is 11.8 Å². The zero-order valence-corrected chi connectivity index (χ0v) is 12.3. The Morgan fingerprint density at radius 2 is 2.20 bits per heavy atom. The van der Waals surface area contributed by atoms with Crippen molar-refractivity contribution in [3.63, 3.8) is 0 Å². The molecule has 5 heteroatoms. The van der Waals surface area contributed by atoms with E-state index in [0.29, 0.717) is 11.5 Å². The van der Waals surface area contributed by atoms with Gasteiger partial charge in [0.15, 0.2) is 0 Å². The van der Waals surface area contributed by atoms with E-state index >= 15 is 0 Å². The van der Waals surface area contributed by atoms with Crippen molar-refractivity contribution < 1.29 is 9.90 Å². The number of nitrogens with zero attached hydrogens (tertiary/aromatic N) is 2. The number of aromatic nitrogens is 2. The molecule has 0 atom stereocenters. The number of fused-ring (bicyclic) bond motifs is 1. The Balaban J connectivity index is 1.97. The average molecular weight is 290 g/mol. The molecule has 0 bridgehead atoms. The maximum absolute atomic E-state index is 11.1. The molecule has 1 aliphatic rings. The molecular weight excluding hydrogens is 272 g/mol. The normalized spacial score (nSPS) is 16.6. The summed E-state index contributed by atoms with van der Waals surface area (Å²) >= 11 is 2.02. The monoisotopic (exact) mass is 290 g/mol. The summed E-state index contributed by atoms with van der Waals surface area (Å²) in [6.07, 6.45) is 2.48. The predicted molar refractivity (Wildman–Crippen MR) is 81.5 cm³/mol. The molecule has 2 aromatic rings. The molecule has 0 unspecified atom stereocenters. The van der Waals surface area contributed by atoms with Crippen LogP contribution in [0.5, 0.6) is 0 Å². The van der Waals surface area contributed by atoms with Gasteiger partial charge in [-0.15, -0.1) is 0 Å². The van der Waals surface area contributed by atoms with Gasteiger partial charge in [0.25, 0.3) is 0 Å². The Kier molecular flexibility index (Phi) is 3.70. The molecule has 20 heavy (non-hydrogen) atoms. The first-order valence-corrected chi connectivity index (χ1v) is 8.08. The van der Waals surface area contributed by atoms with Gasteiger partial charge in [-0.1, -0.05) is 0 Å². The van der Waals surface area contributed by atoms with Crippen LogP contribution in [0.1, 0.15) is 29.0 Å². The Bertz CT molecular complexity index is 645. The van der Waals surface area contributed by atoms with E-state index in [2.05, 4.69) is 9.55 Å². The molecule has 2 heterocycles. The third-order valence-electron chi connectivity index (χ3n) is 3.97. The van der Waals surface area contributed by atoms with E-state index in [9.17, 15) is 4.79 Å². The maximum Gasteiger partial charge on any atom is 0.335 e. The van der Waals surface area contributed by atoms with Gasteiger partial charge in [0.05, 0.1) is 16.6 Å². The maximum atomic E-state index is 11.1. The van der Waals surface area contributed by atoms with Crippen LogP contribution in [-0.2, 0) is 6.54 Å². The van der Waals surface area contributed by atoms with Crippen LogP contribution in [0.3, 0.4) is 0 Å². The van der Waals surface area contributed by atoms with Gasteiger partial charge < -0.3 is 9.67 Å². The highest BCUT2D eigenvalue weighted by atomic mass is 32.2. The molecule has 1 aromatic carbocycles. The quantitative estimate of drug-likeness (QED) is 0.943. The van der Waals surface area contributed by atoms with E-state index in [1.165, 1.54) is 24.3 Å². The van der Waals surface area contributed by atoms with E-state index < -0.39 is 5.97 Å². The first-order valence-electron chi connectivity index (χ1n) is 6.93. The lowest BCUT2D eigenvalue weighted by Gasteiger charge is -2.22. The van der Waals surface area contributed by atoms with Crippen molar-refractivity contribution in [1.82, 2.24) is 9.55 Å². The highest BCUT2D eigenvalue weighted by Gasteiger charge is 2.17. The van der Waals surface area contributed by atoms with E-state index in [0.717, 1.165) is 23.4 Å². The van der Waals surface area contributed by atoms with E-state index in [1.54, 1.807) is 18.2 Å². The third-order valence-corrected chi connectivity index (χ3v) is 5.02. The number of carboxylic acid groups (broad SMARTS) is 1. The van der Waals surface area contributed by atoms with Crippen molar-refractivity contribution in [3.05, 3.63) is 29.6 Å². The van der Waals surface area contributed by atoms with Crippen molar-refractivity contribution in [2.45, 2.75) is 26.3 Å². The summed E-state index contributed by atoms with van der Waals surface area (Å²) in [5, 5.41) is 9.13. The summed E-state index contributed by atoms with van der Waals surface area (Å²) < 4.78 is 2.18. The van der Waals surface area contributed by atoms with Gasteiger partial charge in [0.1, 0.15) is 5.82 Å². The Hall–Kier alpha value is -1.49. The summed E-state index contributed by atoms with van der Waals surface area (Å²) in [4.78, 5) is 15.7. The number of hydrogen-bond acceptors (Lipinski definition) is 3. The van der Waals surface area contributed by atoms with Gasteiger partial charge in [-0.05, 0) is 55.4 Å². The summed E-state index contributed by atoms with van der Waals surface area (Å²) in [7, 11) is 0. The molecule has 3 rings (SSSR count). The third kappa shape index (κ3) is 2.54. The van der Waals surface area contributed by atoms with E-state index in [-0.39, 0.29) is 0 Å². The predicted octanol–water partition coefficient (Wildman–Crippen LogP) is 3.19. The fraction of sp³-hybridized carbons (Fsp3) is 0.467. The number of benzene rings is 1. The van der Waals surface area contributed by atoms with Gasteiger partial charge in [0, 0.05) is 6.54 Å². The second kappa shape index (κ2) is 5.48. The number of aromatic carboxylic acids is 1. The number of imidazole rings is 1. The fourth-order valence-corrected chi connectivity index (χ4v) is 4.00. The first kappa shape index (κ1) is 13.5. The SMILES string of the molecule is Cc1nc2ccc(C(=O)O)cc2n1CC1CCSCC1. The molecule has 0 amide bonds. The Labute approximate surface area is 122 Å². The molecule has 1 aromatic heterocycles. The van der Waals surface area contributed by atoms with Crippen molar-refractivity contribution >= 4 is 28.8 Å². The summed E-state index contributed by atoms with van der Waals surface area (Å²) in [5.41, 5.74) is 2.16. The van der Waals surface area contributed by atoms with Gasteiger partial charge in [-0.25, -0.2) is 9.78 Å². The van der Waals surface area contributed by atoms with Crippen LogP contribution in [0.15, 0.2) is 18.2 Å². The standard InChI is InChI=1S/C15H18N2O2S/c1-10-16-13-3-2-12(15(18)19)8-14(13)17(10)9-11-4-6-20-7-5-11/h2-3,8,11H,4-7,9H2,1H3,(H,18,19). The second-order valence-electron chi connectivity index (χ2n) is 5.33. The minimum absolute atomic E-state index is 0.331. The van der Waals surface area contributed by atoms with Gasteiger partial charge >= 0.3 is 5.97 Å². The first-order chi connectivity index (χ1) is 9.65. The molecule has 4 nitrogen and oxygen atoms in total. The minimum atomic E-state index is -0.883. The zero-order chi connectivity index (χ0) is 14.1. The molecular formula is C15H18N2O2S. The number of aryl methyl sites for hydroxylation is 1. The van der Waals surface area contributed by atoms with Crippen LogP contribution < -0.4 is 0 Å². The summed E-state index contributed by atoms with van der Waals surface area (Å²) in [5.74, 6) is 3.24. The Morgan fingerprint density at radius 3 is 2.90 bits per heavy atom. The molecule has 0 aliphatic carbocycles. The van der Waals surface area contributed by atoms with Crippen molar-refractivity contribution in [2.75, 3.05) is 11.5 Å². The van der Waals surface area contributed by atoms with Gasteiger partial charge in [0.2, 0.25) is 0 Å². The van der Waals surface area contributed by atoms with E-state index in [4.69, 9.17) is 5.11 Å². The highest BCUT2D eigenvalue weighted by Crippen LogP contribution is 2.26. The fourth-order valence-electron chi connectivity index (χ4n) is 2.79. The molecule has 1 fully saturated rings. The molecule has 106 valence electrons.